The van der Waals surface area contributed by atoms with Crippen LogP contribution in [0.15, 0.2) is 146 Å². The van der Waals surface area contributed by atoms with Gasteiger partial charge < -0.3 is 0 Å². The van der Waals surface area contributed by atoms with Crippen molar-refractivity contribution in [3.05, 3.63) is 146 Å². The first-order valence-corrected chi connectivity index (χ1v) is 13.6. The lowest BCUT2D eigenvalue weighted by Gasteiger charge is -2.18. The Morgan fingerprint density at radius 2 is 0.950 bits per heavy atom. The lowest BCUT2D eigenvalue weighted by molar-refractivity contribution is 1.31. The van der Waals surface area contributed by atoms with Gasteiger partial charge in [-0.1, -0.05) is 109 Å². The van der Waals surface area contributed by atoms with E-state index < -0.39 is 0 Å². The summed E-state index contributed by atoms with van der Waals surface area (Å²) in [5.74, 6) is 0. The minimum Gasteiger partial charge on any atom is -0.256 e. The summed E-state index contributed by atoms with van der Waals surface area (Å²) in [5.41, 5.74) is 7.53. The first kappa shape index (κ1) is 22.6. The van der Waals surface area contributed by atoms with E-state index in [-0.39, 0.29) is 0 Å². The summed E-state index contributed by atoms with van der Waals surface area (Å²) in [5, 5.41) is 8.47. The third-order valence-electron chi connectivity index (χ3n) is 7.86. The fourth-order valence-electron chi connectivity index (χ4n) is 6.01. The molecule has 0 saturated carbocycles. The fraction of sp³-hybridized carbons (Fsp3) is 0. The molecule has 2 heteroatoms. The highest BCUT2D eigenvalue weighted by Crippen LogP contribution is 2.43. The van der Waals surface area contributed by atoms with Gasteiger partial charge in [-0.25, -0.2) is 4.98 Å². The molecule has 0 fully saturated rings. The third-order valence-corrected chi connectivity index (χ3v) is 7.86. The maximum absolute atomic E-state index is 5.22. The van der Waals surface area contributed by atoms with Crippen molar-refractivity contribution in [3.8, 4) is 33.6 Å². The van der Waals surface area contributed by atoms with E-state index in [2.05, 4.69) is 126 Å². The van der Waals surface area contributed by atoms with Crippen LogP contribution in [0.25, 0.3) is 76.9 Å². The molecule has 0 aliphatic carbocycles. The molecule has 2 heterocycles. The topological polar surface area (TPSA) is 25.8 Å². The van der Waals surface area contributed by atoms with E-state index in [0.717, 1.165) is 33.4 Å². The second-order valence-corrected chi connectivity index (χ2v) is 10.2. The van der Waals surface area contributed by atoms with Gasteiger partial charge in [-0.3, -0.25) is 4.98 Å². The average Bonchev–Trinajstić information content (AvgIpc) is 3.03. The van der Waals surface area contributed by atoms with Crippen molar-refractivity contribution >= 4 is 43.2 Å². The summed E-state index contributed by atoms with van der Waals surface area (Å²) < 4.78 is 0. The Morgan fingerprint density at radius 3 is 1.70 bits per heavy atom. The van der Waals surface area contributed by atoms with Gasteiger partial charge in [-0.2, -0.15) is 0 Å². The van der Waals surface area contributed by atoms with Gasteiger partial charge in [0.05, 0.1) is 16.9 Å². The summed E-state index contributed by atoms with van der Waals surface area (Å²) >= 11 is 0. The molecule has 0 N–H and O–H groups in total. The number of aromatic nitrogens is 2. The minimum absolute atomic E-state index is 0.919. The zero-order valence-electron chi connectivity index (χ0n) is 21.8. The van der Waals surface area contributed by atoms with Crippen LogP contribution in [0.2, 0.25) is 0 Å². The van der Waals surface area contributed by atoms with Gasteiger partial charge >= 0.3 is 0 Å². The molecule has 0 aliphatic heterocycles. The van der Waals surface area contributed by atoms with Crippen molar-refractivity contribution in [1.29, 1.82) is 0 Å². The maximum Gasteiger partial charge on any atom is 0.0725 e. The van der Waals surface area contributed by atoms with Gasteiger partial charge in [0.15, 0.2) is 0 Å². The van der Waals surface area contributed by atoms with Crippen LogP contribution in [-0.4, -0.2) is 9.97 Å². The molecule has 0 atom stereocenters. The number of hydrogen-bond acceptors (Lipinski definition) is 2. The summed E-state index contributed by atoms with van der Waals surface area (Å²) in [7, 11) is 0. The SMILES string of the molecule is c1cc(-c2cnc3ccccc3c2)nc(-c2c3ccccc3c(-c3ccc4ccccc4c3)c3ccccc23)c1. The number of hydrogen-bond donors (Lipinski definition) is 0. The molecule has 8 rings (SSSR count). The molecular weight excluding hydrogens is 484 g/mol. The second-order valence-electron chi connectivity index (χ2n) is 10.2. The molecule has 2 nitrogen and oxygen atoms in total. The number of benzene rings is 6. The highest BCUT2D eigenvalue weighted by atomic mass is 14.7. The van der Waals surface area contributed by atoms with Crippen LogP contribution in [0.3, 0.4) is 0 Å². The van der Waals surface area contributed by atoms with Crippen LogP contribution >= 0.6 is 0 Å². The largest absolute Gasteiger partial charge is 0.256 e. The Balaban J connectivity index is 1.39. The molecule has 0 unspecified atom stereocenters. The van der Waals surface area contributed by atoms with Crippen LogP contribution in [0.4, 0.5) is 0 Å². The first-order valence-electron chi connectivity index (χ1n) is 13.6. The van der Waals surface area contributed by atoms with E-state index in [4.69, 9.17) is 4.98 Å². The average molecular weight is 509 g/mol. The smallest absolute Gasteiger partial charge is 0.0725 e. The van der Waals surface area contributed by atoms with Gasteiger partial charge in [0.1, 0.15) is 0 Å². The van der Waals surface area contributed by atoms with Gasteiger partial charge in [0.25, 0.3) is 0 Å². The van der Waals surface area contributed by atoms with Gasteiger partial charge in [-0.15, -0.1) is 0 Å². The number of rotatable bonds is 3. The highest BCUT2D eigenvalue weighted by Gasteiger charge is 2.18. The molecular formula is C38H24N2. The molecule has 0 spiro atoms. The normalized spacial score (nSPS) is 11.5. The van der Waals surface area contributed by atoms with Crippen LogP contribution in [-0.2, 0) is 0 Å². The molecule has 40 heavy (non-hydrogen) atoms. The van der Waals surface area contributed by atoms with Crippen molar-refractivity contribution in [1.82, 2.24) is 9.97 Å². The molecule has 6 aromatic carbocycles. The Hall–Kier alpha value is -5.34. The Labute approximate surface area is 232 Å². The van der Waals surface area contributed by atoms with Gasteiger partial charge in [-0.05, 0) is 73.8 Å². The third kappa shape index (κ3) is 3.65. The van der Waals surface area contributed by atoms with Gasteiger partial charge in [0, 0.05) is 22.7 Å². The Kier molecular flexibility index (Phi) is 5.17. The quantitative estimate of drug-likeness (QED) is 0.222. The summed E-state index contributed by atoms with van der Waals surface area (Å²) in [6.07, 6.45) is 1.92. The molecule has 0 saturated heterocycles. The molecule has 0 amide bonds. The zero-order chi connectivity index (χ0) is 26.5. The fourth-order valence-corrected chi connectivity index (χ4v) is 6.01. The Bertz CT molecular complexity index is 2170. The lowest BCUT2D eigenvalue weighted by atomic mass is 9.86. The highest BCUT2D eigenvalue weighted by molar-refractivity contribution is 6.21. The van der Waals surface area contributed by atoms with E-state index in [9.17, 15) is 0 Å². The van der Waals surface area contributed by atoms with E-state index in [0.29, 0.717) is 0 Å². The molecule has 0 radical (unpaired) electrons. The molecule has 0 aliphatic rings. The standard InChI is InChI=1S/C38H24N2/c1-2-11-26-22-28(21-20-25(26)10-1)37-30-13-4-6-15-32(30)38(33-16-7-5-14-31(33)37)36-19-9-18-35(40-36)29-23-27-12-3-8-17-34(27)39-24-29/h1-24H. The predicted molar refractivity (Wildman–Crippen MR) is 168 cm³/mol. The number of nitrogens with zero attached hydrogens (tertiary/aromatic N) is 2. The molecule has 2 aromatic heterocycles. The first-order chi connectivity index (χ1) is 19.8. The van der Waals surface area contributed by atoms with E-state index in [1.54, 1.807) is 0 Å². The van der Waals surface area contributed by atoms with Crippen molar-refractivity contribution in [2.75, 3.05) is 0 Å². The lowest BCUT2D eigenvalue weighted by Crippen LogP contribution is -1.94. The van der Waals surface area contributed by atoms with E-state index in [1.165, 1.54) is 43.4 Å². The number of pyridine rings is 2. The minimum atomic E-state index is 0.919. The van der Waals surface area contributed by atoms with Crippen LogP contribution in [0, 0.1) is 0 Å². The van der Waals surface area contributed by atoms with Crippen LogP contribution in [0.1, 0.15) is 0 Å². The van der Waals surface area contributed by atoms with E-state index in [1.807, 2.05) is 24.4 Å². The van der Waals surface area contributed by atoms with Crippen molar-refractivity contribution in [3.63, 3.8) is 0 Å². The van der Waals surface area contributed by atoms with Crippen molar-refractivity contribution < 1.29 is 0 Å². The zero-order valence-corrected chi connectivity index (χ0v) is 21.8. The second kappa shape index (κ2) is 9.14. The number of para-hydroxylation sites is 1. The molecule has 186 valence electrons. The Morgan fingerprint density at radius 1 is 0.375 bits per heavy atom. The maximum atomic E-state index is 5.22. The van der Waals surface area contributed by atoms with E-state index >= 15 is 0 Å². The molecule has 0 bridgehead atoms. The van der Waals surface area contributed by atoms with Crippen LogP contribution < -0.4 is 0 Å². The van der Waals surface area contributed by atoms with Crippen molar-refractivity contribution in [2.45, 2.75) is 0 Å². The van der Waals surface area contributed by atoms with Gasteiger partial charge in [0.2, 0.25) is 0 Å². The predicted octanol–water partition coefficient (Wildman–Crippen LogP) is 10.1. The van der Waals surface area contributed by atoms with Crippen molar-refractivity contribution in [2.24, 2.45) is 0 Å². The molecule has 8 aromatic rings. The van der Waals surface area contributed by atoms with Crippen LogP contribution in [0.5, 0.6) is 0 Å². The monoisotopic (exact) mass is 508 g/mol. The summed E-state index contributed by atoms with van der Waals surface area (Å²) in [6, 6.07) is 49.5. The summed E-state index contributed by atoms with van der Waals surface area (Å²) in [6.45, 7) is 0. The number of fused-ring (bicyclic) bond motifs is 4. The summed E-state index contributed by atoms with van der Waals surface area (Å²) in [4.78, 5) is 9.91.